The largest absolute Gasteiger partial charge is 0.381 e. The molecule has 1 unspecified atom stereocenters. The molecule has 0 aliphatic carbocycles. The summed E-state index contributed by atoms with van der Waals surface area (Å²) in [4.78, 5) is 4.04. The molecule has 1 atom stereocenters. The summed E-state index contributed by atoms with van der Waals surface area (Å²) in [6.07, 6.45) is 3.66. The molecule has 0 saturated carbocycles. The Morgan fingerprint density at radius 3 is 2.83 bits per heavy atom. The summed E-state index contributed by atoms with van der Waals surface area (Å²) in [5.41, 5.74) is 2.14. The Balaban J connectivity index is 2.71. The number of nitrogens with zero attached hydrogens (tertiary/aromatic N) is 2. The average Bonchev–Trinajstić information content (AvgIpc) is 2.33. The fourth-order valence-corrected chi connectivity index (χ4v) is 1.23. The number of rotatable bonds is 3. The van der Waals surface area contributed by atoms with Gasteiger partial charge in [-0.1, -0.05) is 6.58 Å². The fraction of sp³-hybridized carbons (Fsp3) is 0.444. The monoisotopic (exact) mass is 165 g/mol. The predicted octanol–water partition coefficient (Wildman–Crippen LogP) is 1.60. The van der Waals surface area contributed by atoms with Crippen molar-refractivity contribution in [2.45, 2.75) is 19.9 Å². The van der Waals surface area contributed by atoms with Crippen LogP contribution in [0.15, 0.2) is 24.8 Å². The zero-order valence-electron chi connectivity index (χ0n) is 7.83. The number of imidazole rings is 1. The van der Waals surface area contributed by atoms with E-state index >= 15 is 0 Å². The molecule has 0 amide bonds. The Bertz CT molecular complexity index is 275. The predicted molar refractivity (Wildman–Crippen MR) is 49.6 cm³/mol. The van der Waals surface area contributed by atoms with Crippen molar-refractivity contribution in [1.29, 1.82) is 0 Å². The van der Waals surface area contributed by atoms with E-state index in [1.54, 1.807) is 6.33 Å². The maximum atomic E-state index is 4.04. The van der Waals surface area contributed by atoms with E-state index in [-0.39, 0.29) is 6.04 Å². The molecular formula is C9H15N3. The van der Waals surface area contributed by atoms with E-state index in [1.807, 2.05) is 24.7 Å². The van der Waals surface area contributed by atoms with Crippen LogP contribution >= 0.6 is 0 Å². The average molecular weight is 165 g/mol. The molecule has 1 rings (SSSR count). The van der Waals surface area contributed by atoms with E-state index in [1.165, 1.54) is 0 Å². The highest BCUT2D eigenvalue weighted by Gasteiger charge is 2.07. The van der Waals surface area contributed by atoms with Crippen LogP contribution in [0.1, 0.15) is 25.6 Å². The summed E-state index contributed by atoms with van der Waals surface area (Å²) in [6, 6.07) is 0.273. The molecule has 1 aromatic heterocycles. The van der Waals surface area contributed by atoms with Crippen molar-refractivity contribution in [3.63, 3.8) is 0 Å². The minimum absolute atomic E-state index is 0.273. The van der Waals surface area contributed by atoms with Crippen LogP contribution in [0.3, 0.4) is 0 Å². The minimum atomic E-state index is 0.273. The molecular weight excluding hydrogens is 150 g/mol. The second kappa shape index (κ2) is 3.43. The molecule has 0 aromatic carbocycles. The van der Waals surface area contributed by atoms with Crippen LogP contribution < -0.4 is 5.32 Å². The topological polar surface area (TPSA) is 29.9 Å². The molecule has 0 fully saturated rings. The number of allylic oxidation sites excluding steroid dienone is 1. The molecule has 3 heteroatoms. The molecule has 3 nitrogen and oxygen atoms in total. The van der Waals surface area contributed by atoms with Gasteiger partial charge >= 0.3 is 0 Å². The van der Waals surface area contributed by atoms with Gasteiger partial charge in [0, 0.05) is 12.7 Å². The molecule has 0 radical (unpaired) electrons. The van der Waals surface area contributed by atoms with Crippen molar-refractivity contribution in [3.8, 4) is 0 Å². The molecule has 1 N–H and O–H groups in total. The number of hydrogen-bond acceptors (Lipinski definition) is 2. The SMILES string of the molecule is C=C(C)NC(C)c1cncn1C. The maximum absolute atomic E-state index is 4.04. The van der Waals surface area contributed by atoms with Crippen LogP contribution in [0.4, 0.5) is 0 Å². The van der Waals surface area contributed by atoms with Crippen LogP contribution in [0, 0.1) is 0 Å². The second-order valence-electron chi connectivity index (χ2n) is 3.08. The lowest BCUT2D eigenvalue weighted by Gasteiger charge is -2.14. The lowest BCUT2D eigenvalue weighted by molar-refractivity contribution is 0.608. The van der Waals surface area contributed by atoms with E-state index in [0.29, 0.717) is 0 Å². The van der Waals surface area contributed by atoms with Crippen LogP contribution in [0.5, 0.6) is 0 Å². The zero-order chi connectivity index (χ0) is 9.14. The third kappa shape index (κ3) is 1.87. The molecule has 0 spiro atoms. The lowest BCUT2D eigenvalue weighted by atomic mass is 10.2. The normalized spacial score (nSPS) is 12.6. The Labute approximate surface area is 73.1 Å². The summed E-state index contributed by atoms with van der Waals surface area (Å²) < 4.78 is 2.00. The molecule has 1 heterocycles. The van der Waals surface area contributed by atoms with Gasteiger partial charge in [0.25, 0.3) is 0 Å². The Morgan fingerprint density at radius 1 is 1.75 bits per heavy atom. The van der Waals surface area contributed by atoms with Gasteiger partial charge in [0.15, 0.2) is 0 Å². The number of nitrogens with one attached hydrogen (secondary N) is 1. The fourth-order valence-electron chi connectivity index (χ4n) is 1.23. The maximum Gasteiger partial charge on any atom is 0.0946 e. The smallest absolute Gasteiger partial charge is 0.0946 e. The van der Waals surface area contributed by atoms with Gasteiger partial charge in [0.1, 0.15) is 0 Å². The van der Waals surface area contributed by atoms with Crippen molar-refractivity contribution in [2.24, 2.45) is 7.05 Å². The van der Waals surface area contributed by atoms with Crippen molar-refractivity contribution in [2.75, 3.05) is 0 Å². The van der Waals surface area contributed by atoms with Crippen LogP contribution in [0.25, 0.3) is 0 Å². The highest BCUT2D eigenvalue weighted by molar-refractivity contribution is 5.06. The van der Waals surface area contributed by atoms with Gasteiger partial charge in [-0.25, -0.2) is 4.98 Å². The van der Waals surface area contributed by atoms with Gasteiger partial charge in [-0.05, 0) is 13.8 Å². The van der Waals surface area contributed by atoms with Crippen molar-refractivity contribution >= 4 is 0 Å². The molecule has 0 bridgehead atoms. The van der Waals surface area contributed by atoms with Gasteiger partial charge in [0.05, 0.1) is 24.3 Å². The molecule has 0 aliphatic rings. The lowest BCUT2D eigenvalue weighted by Crippen LogP contribution is -2.17. The molecule has 12 heavy (non-hydrogen) atoms. The third-order valence-electron chi connectivity index (χ3n) is 1.76. The first-order chi connectivity index (χ1) is 5.61. The summed E-state index contributed by atoms with van der Waals surface area (Å²) >= 11 is 0. The first-order valence-electron chi connectivity index (χ1n) is 3.99. The standard InChI is InChI=1S/C9H15N3/c1-7(2)11-8(3)9-5-10-6-12(9)4/h5-6,8,11H,1H2,2-4H3. The van der Waals surface area contributed by atoms with E-state index in [9.17, 15) is 0 Å². The van der Waals surface area contributed by atoms with Gasteiger partial charge in [-0.15, -0.1) is 0 Å². The zero-order valence-corrected chi connectivity index (χ0v) is 7.83. The van der Waals surface area contributed by atoms with Gasteiger partial charge in [-0.3, -0.25) is 0 Å². The summed E-state index contributed by atoms with van der Waals surface area (Å²) in [5, 5.41) is 3.23. The van der Waals surface area contributed by atoms with Gasteiger partial charge < -0.3 is 9.88 Å². The Hall–Kier alpha value is -1.25. The highest BCUT2D eigenvalue weighted by atomic mass is 15.1. The van der Waals surface area contributed by atoms with E-state index in [4.69, 9.17) is 0 Å². The first-order valence-corrected chi connectivity index (χ1v) is 3.99. The van der Waals surface area contributed by atoms with E-state index < -0.39 is 0 Å². The van der Waals surface area contributed by atoms with Crippen LogP contribution in [-0.4, -0.2) is 9.55 Å². The third-order valence-corrected chi connectivity index (χ3v) is 1.76. The molecule has 0 aliphatic heterocycles. The van der Waals surface area contributed by atoms with Crippen LogP contribution in [-0.2, 0) is 7.05 Å². The number of hydrogen-bond donors (Lipinski definition) is 1. The summed E-state index contributed by atoms with van der Waals surface area (Å²) in [7, 11) is 1.99. The van der Waals surface area contributed by atoms with Gasteiger partial charge in [0.2, 0.25) is 0 Å². The highest BCUT2D eigenvalue weighted by Crippen LogP contribution is 2.10. The van der Waals surface area contributed by atoms with E-state index in [0.717, 1.165) is 11.4 Å². The van der Waals surface area contributed by atoms with Gasteiger partial charge in [-0.2, -0.15) is 0 Å². The quantitative estimate of drug-likeness (QED) is 0.737. The van der Waals surface area contributed by atoms with Crippen molar-refractivity contribution < 1.29 is 0 Å². The molecule has 0 saturated heterocycles. The first kappa shape index (κ1) is 8.84. The Kier molecular flexibility index (Phi) is 2.53. The molecule has 1 aromatic rings. The van der Waals surface area contributed by atoms with Crippen molar-refractivity contribution in [3.05, 3.63) is 30.5 Å². The van der Waals surface area contributed by atoms with Crippen LogP contribution in [0.2, 0.25) is 0 Å². The summed E-state index contributed by atoms with van der Waals surface area (Å²) in [6.45, 7) is 7.83. The second-order valence-corrected chi connectivity index (χ2v) is 3.08. The number of aromatic nitrogens is 2. The Morgan fingerprint density at radius 2 is 2.42 bits per heavy atom. The summed E-state index contributed by atoms with van der Waals surface area (Å²) in [5.74, 6) is 0. The van der Waals surface area contributed by atoms with E-state index in [2.05, 4.69) is 23.8 Å². The molecule has 66 valence electrons. The van der Waals surface area contributed by atoms with Crippen molar-refractivity contribution in [1.82, 2.24) is 14.9 Å². The number of aryl methyl sites for hydroxylation is 1. The minimum Gasteiger partial charge on any atom is -0.381 e.